The van der Waals surface area contributed by atoms with Crippen LogP contribution in [0, 0.1) is 19.3 Å². The van der Waals surface area contributed by atoms with Crippen LogP contribution in [0.15, 0.2) is 60.8 Å². The van der Waals surface area contributed by atoms with Crippen LogP contribution in [-0.4, -0.2) is 69.8 Å². The maximum absolute atomic E-state index is 14.9. The molecule has 1 spiro atoms. The Labute approximate surface area is 264 Å². The summed E-state index contributed by atoms with van der Waals surface area (Å²) >= 11 is 0. The first kappa shape index (κ1) is 31.3. The number of halogens is 3. The molecule has 2 aliphatic heterocycles. The maximum Gasteiger partial charge on any atom is 0.429 e. The van der Waals surface area contributed by atoms with Crippen LogP contribution < -0.4 is 19.7 Å². The van der Waals surface area contributed by atoms with Crippen LogP contribution in [-0.2, 0) is 4.79 Å². The maximum atomic E-state index is 14.9. The average Bonchev–Trinajstić information content (AvgIpc) is 3.66. The van der Waals surface area contributed by atoms with Gasteiger partial charge in [0.15, 0.2) is 0 Å². The van der Waals surface area contributed by atoms with Crippen molar-refractivity contribution in [2.45, 2.75) is 51.4 Å². The Morgan fingerprint density at radius 1 is 1.07 bits per heavy atom. The minimum absolute atomic E-state index is 0.123. The zero-order chi connectivity index (χ0) is 32.6. The van der Waals surface area contributed by atoms with E-state index in [2.05, 4.69) is 20.4 Å². The molecule has 2 aromatic carbocycles. The van der Waals surface area contributed by atoms with Gasteiger partial charge in [-0.3, -0.25) is 4.79 Å². The minimum Gasteiger partial charge on any atom is -0.497 e. The molecule has 0 amide bonds. The summed E-state index contributed by atoms with van der Waals surface area (Å²) < 4.78 is 57.1. The lowest BCUT2D eigenvalue weighted by Crippen LogP contribution is -2.41. The predicted molar refractivity (Wildman–Crippen MR) is 164 cm³/mol. The van der Waals surface area contributed by atoms with Crippen molar-refractivity contribution < 1.29 is 32.5 Å². The highest BCUT2D eigenvalue weighted by atomic mass is 19.4. The van der Waals surface area contributed by atoms with Crippen molar-refractivity contribution in [1.29, 1.82) is 0 Å². The molecule has 1 unspecified atom stereocenters. The summed E-state index contributed by atoms with van der Waals surface area (Å²) in [5, 5.41) is 16.9. The second-order valence-corrected chi connectivity index (χ2v) is 12.0. The van der Waals surface area contributed by atoms with Gasteiger partial charge < -0.3 is 24.8 Å². The summed E-state index contributed by atoms with van der Waals surface area (Å²) in [5.74, 6) is 0.317. The van der Waals surface area contributed by atoms with Crippen molar-refractivity contribution in [3.63, 3.8) is 0 Å². The summed E-state index contributed by atoms with van der Waals surface area (Å²) in [6, 6.07) is 14.6. The molecular formula is C33H35F3N6O4. The van der Waals surface area contributed by atoms with E-state index in [1.807, 2.05) is 23.1 Å². The molecule has 0 saturated carbocycles. The standard InChI is InChI=1S/C33H35F3N6O4/c1-20-9-12-42(40-20)27-16-23(22-5-4-6-24(15-22)45-3)7-8-25(27)30(33(34,35)36)46-29-17-28(38-21(2)39-29)41-13-10-32(11-14-41)18-26(31(43)44)37-19-32/h4-9,12,15-17,26,30,37H,10-11,13-14,18-19H2,1-3H3,(H,43,44)/t26-,30?/m0/s1. The van der Waals surface area contributed by atoms with Crippen LogP contribution in [0.2, 0.25) is 0 Å². The van der Waals surface area contributed by atoms with Crippen LogP contribution in [0.25, 0.3) is 16.8 Å². The van der Waals surface area contributed by atoms with E-state index in [1.54, 1.807) is 51.4 Å². The van der Waals surface area contributed by atoms with E-state index in [4.69, 9.17) is 9.47 Å². The number of carbonyl (C=O) groups is 1. The lowest BCUT2D eigenvalue weighted by atomic mass is 9.76. The fourth-order valence-corrected chi connectivity index (χ4v) is 6.35. The van der Waals surface area contributed by atoms with Crippen LogP contribution in [0.5, 0.6) is 11.6 Å². The molecule has 0 aliphatic carbocycles. The first-order valence-corrected chi connectivity index (χ1v) is 15.0. The quantitative estimate of drug-likeness (QED) is 0.253. The van der Waals surface area contributed by atoms with E-state index >= 15 is 0 Å². The number of methoxy groups -OCH3 is 1. The van der Waals surface area contributed by atoms with Gasteiger partial charge in [0, 0.05) is 37.5 Å². The number of nitrogens with one attached hydrogen (secondary N) is 1. The number of ether oxygens (including phenoxy) is 2. The Morgan fingerprint density at radius 2 is 1.83 bits per heavy atom. The highest BCUT2D eigenvalue weighted by molar-refractivity contribution is 5.74. The largest absolute Gasteiger partial charge is 0.497 e. The number of nitrogens with zero attached hydrogens (tertiary/aromatic N) is 5. The lowest BCUT2D eigenvalue weighted by molar-refractivity contribution is -0.198. The highest BCUT2D eigenvalue weighted by Crippen LogP contribution is 2.42. The predicted octanol–water partition coefficient (Wildman–Crippen LogP) is 5.67. The van der Waals surface area contributed by atoms with Crippen LogP contribution in [0.3, 0.4) is 0 Å². The zero-order valence-electron chi connectivity index (χ0n) is 25.7. The van der Waals surface area contributed by atoms with E-state index in [9.17, 15) is 23.1 Å². The van der Waals surface area contributed by atoms with Gasteiger partial charge in [0.25, 0.3) is 0 Å². The molecule has 0 radical (unpaired) electrons. The fourth-order valence-electron chi connectivity index (χ4n) is 6.35. The van der Waals surface area contributed by atoms with E-state index in [1.165, 1.54) is 16.8 Å². The zero-order valence-corrected chi connectivity index (χ0v) is 25.7. The van der Waals surface area contributed by atoms with E-state index in [0.29, 0.717) is 48.9 Å². The summed E-state index contributed by atoms with van der Waals surface area (Å²) in [4.78, 5) is 22.2. The fraction of sp³-hybridized carbons (Fsp3) is 0.394. The van der Waals surface area contributed by atoms with Gasteiger partial charge in [0.2, 0.25) is 12.0 Å². The second-order valence-electron chi connectivity index (χ2n) is 12.0. The molecule has 2 aliphatic rings. The third kappa shape index (κ3) is 6.50. The molecule has 2 aromatic heterocycles. The monoisotopic (exact) mass is 636 g/mol. The SMILES string of the molecule is COc1cccc(-c2ccc(C(Oc3cc(N4CCC5(CC4)CN[C@H](C(=O)O)C5)nc(C)n3)C(F)(F)F)c(-n3ccc(C)n3)c2)c1. The molecule has 46 heavy (non-hydrogen) atoms. The third-order valence-corrected chi connectivity index (χ3v) is 8.83. The molecule has 13 heteroatoms. The second kappa shape index (κ2) is 12.3. The Kier molecular flexibility index (Phi) is 8.36. The van der Waals surface area contributed by atoms with Gasteiger partial charge in [-0.1, -0.05) is 24.3 Å². The Bertz CT molecular complexity index is 1730. The molecule has 2 atom stereocenters. The summed E-state index contributed by atoms with van der Waals surface area (Å²) in [5.41, 5.74) is 2.07. The van der Waals surface area contributed by atoms with Crippen molar-refractivity contribution in [3.05, 3.63) is 77.9 Å². The number of aryl methyl sites for hydroxylation is 2. The number of carboxylic acids is 1. The van der Waals surface area contributed by atoms with Crippen LogP contribution in [0.4, 0.5) is 19.0 Å². The molecule has 4 heterocycles. The summed E-state index contributed by atoms with van der Waals surface area (Å²) in [6.07, 6.45) is -3.50. The molecule has 6 rings (SSSR count). The Balaban J connectivity index is 1.31. The van der Waals surface area contributed by atoms with E-state index < -0.39 is 24.3 Å². The molecule has 242 valence electrons. The number of piperidine rings is 1. The highest BCUT2D eigenvalue weighted by Gasteiger charge is 2.46. The van der Waals surface area contributed by atoms with Crippen molar-refractivity contribution in [3.8, 4) is 28.4 Å². The lowest BCUT2D eigenvalue weighted by Gasteiger charge is -2.39. The molecule has 2 saturated heterocycles. The van der Waals surface area contributed by atoms with Gasteiger partial charge in [-0.15, -0.1) is 0 Å². The Hall–Kier alpha value is -4.65. The number of hydrogen-bond donors (Lipinski definition) is 2. The van der Waals surface area contributed by atoms with Gasteiger partial charge in [0.05, 0.1) is 18.5 Å². The number of hydrogen-bond acceptors (Lipinski definition) is 8. The molecule has 4 aromatic rings. The van der Waals surface area contributed by atoms with Crippen LogP contribution >= 0.6 is 0 Å². The summed E-state index contributed by atoms with van der Waals surface area (Å²) in [7, 11) is 1.55. The normalized spacial score (nSPS) is 18.5. The molecular weight excluding hydrogens is 601 g/mol. The summed E-state index contributed by atoms with van der Waals surface area (Å²) in [6.45, 7) is 5.17. The van der Waals surface area contributed by atoms with E-state index in [0.717, 1.165) is 18.4 Å². The number of carboxylic acid groups (broad SMARTS) is 1. The van der Waals surface area contributed by atoms with Crippen molar-refractivity contribution >= 4 is 11.8 Å². The molecule has 2 N–H and O–H groups in total. The van der Waals surface area contributed by atoms with Gasteiger partial charge in [-0.25, -0.2) is 9.67 Å². The third-order valence-electron chi connectivity index (χ3n) is 8.83. The molecule has 10 nitrogen and oxygen atoms in total. The van der Waals surface area contributed by atoms with Crippen molar-refractivity contribution in [2.75, 3.05) is 31.6 Å². The Morgan fingerprint density at radius 3 is 2.48 bits per heavy atom. The first-order valence-electron chi connectivity index (χ1n) is 15.0. The van der Waals surface area contributed by atoms with E-state index in [-0.39, 0.29) is 28.4 Å². The number of benzene rings is 2. The number of alkyl halides is 3. The smallest absolute Gasteiger partial charge is 0.429 e. The van der Waals surface area contributed by atoms with Crippen molar-refractivity contribution in [1.82, 2.24) is 25.1 Å². The number of aliphatic carboxylic acids is 1. The van der Waals surface area contributed by atoms with Gasteiger partial charge in [-0.05, 0) is 73.9 Å². The molecule has 0 bridgehead atoms. The van der Waals surface area contributed by atoms with Crippen LogP contribution in [0.1, 0.15) is 42.4 Å². The number of aromatic nitrogens is 4. The topological polar surface area (TPSA) is 115 Å². The molecule has 2 fully saturated rings. The van der Waals surface area contributed by atoms with Gasteiger partial charge in [-0.2, -0.15) is 23.3 Å². The number of rotatable bonds is 8. The minimum atomic E-state index is -4.79. The van der Waals surface area contributed by atoms with Gasteiger partial charge in [0.1, 0.15) is 23.4 Å². The van der Waals surface area contributed by atoms with Crippen molar-refractivity contribution in [2.24, 2.45) is 5.41 Å². The average molecular weight is 637 g/mol. The van der Waals surface area contributed by atoms with Gasteiger partial charge >= 0.3 is 12.1 Å². The first-order chi connectivity index (χ1) is 21.9. The number of anilines is 1.